The largest absolute Gasteiger partial charge is 0.493 e. The number of methoxy groups -OCH3 is 1. The van der Waals surface area contributed by atoms with E-state index in [1.54, 1.807) is 12.1 Å². The third-order valence-corrected chi connectivity index (χ3v) is 3.03. The van der Waals surface area contributed by atoms with E-state index in [9.17, 15) is 8.78 Å². The molecule has 0 unspecified atom stereocenters. The van der Waals surface area contributed by atoms with Gasteiger partial charge < -0.3 is 20.1 Å². The third kappa shape index (κ3) is 8.51. The average molecular weight is 457 g/mol. The van der Waals surface area contributed by atoms with Crippen LogP contribution in [0.5, 0.6) is 11.5 Å². The number of ether oxygens (including phenoxy) is 2. The summed E-state index contributed by atoms with van der Waals surface area (Å²) < 4.78 is 34.3. The summed E-state index contributed by atoms with van der Waals surface area (Å²) in [4.78, 5) is 4.44. The summed E-state index contributed by atoms with van der Waals surface area (Å²) in [6, 6.07) is 4.89. The second kappa shape index (κ2) is 13.0. The number of nitrogens with zero attached hydrogens (tertiary/aromatic N) is 1. The lowest BCUT2D eigenvalue weighted by atomic mass is 10.2. The number of alkyl halides is 2. The Morgan fingerprint density at radius 2 is 1.96 bits per heavy atom. The molecular weight excluding hydrogens is 431 g/mol. The minimum absolute atomic E-state index is 0. The van der Waals surface area contributed by atoms with Gasteiger partial charge in [-0.05, 0) is 31.0 Å². The van der Waals surface area contributed by atoms with Crippen LogP contribution in [0.4, 0.5) is 8.78 Å². The summed E-state index contributed by atoms with van der Waals surface area (Å²) in [5.41, 5.74) is 0.758. The van der Waals surface area contributed by atoms with Crippen LogP contribution in [0.1, 0.15) is 32.3 Å². The molecule has 1 rings (SSSR count). The Balaban J connectivity index is 0.00000529. The fourth-order valence-electron chi connectivity index (χ4n) is 1.90. The van der Waals surface area contributed by atoms with Gasteiger partial charge in [-0.15, -0.1) is 24.0 Å². The molecule has 24 heavy (non-hydrogen) atoms. The maximum Gasteiger partial charge on any atom is 0.387 e. The van der Waals surface area contributed by atoms with Gasteiger partial charge in [0.05, 0.1) is 13.7 Å². The highest BCUT2D eigenvalue weighted by Crippen LogP contribution is 2.29. The molecule has 1 aromatic rings. The highest BCUT2D eigenvalue weighted by molar-refractivity contribution is 14.0. The van der Waals surface area contributed by atoms with Crippen LogP contribution in [0, 0.1) is 0 Å². The quantitative estimate of drug-likeness (QED) is 0.257. The number of guanidine groups is 1. The van der Waals surface area contributed by atoms with Crippen LogP contribution in [-0.4, -0.2) is 32.8 Å². The van der Waals surface area contributed by atoms with E-state index in [2.05, 4.69) is 27.3 Å². The van der Waals surface area contributed by atoms with Crippen molar-refractivity contribution < 1.29 is 18.3 Å². The molecule has 0 aliphatic heterocycles. The first-order valence-electron chi connectivity index (χ1n) is 7.74. The second-order valence-corrected chi connectivity index (χ2v) is 4.84. The summed E-state index contributed by atoms with van der Waals surface area (Å²) in [6.45, 7) is 3.15. The van der Waals surface area contributed by atoms with Crippen molar-refractivity contribution >= 4 is 29.9 Å². The van der Waals surface area contributed by atoms with Gasteiger partial charge in [-0.25, -0.2) is 4.99 Å². The zero-order valence-electron chi connectivity index (χ0n) is 14.3. The molecule has 0 aliphatic carbocycles. The maximum absolute atomic E-state index is 12.4. The van der Waals surface area contributed by atoms with Crippen LogP contribution >= 0.6 is 24.0 Å². The average Bonchev–Trinajstić information content (AvgIpc) is 2.52. The number of hydrogen-bond acceptors (Lipinski definition) is 3. The van der Waals surface area contributed by atoms with Gasteiger partial charge in [0.2, 0.25) is 0 Å². The van der Waals surface area contributed by atoms with Crippen molar-refractivity contribution in [3.63, 3.8) is 0 Å². The van der Waals surface area contributed by atoms with Crippen molar-refractivity contribution in [1.82, 2.24) is 10.6 Å². The fourth-order valence-corrected chi connectivity index (χ4v) is 1.90. The topological polar surface area (TPSA) is 54.9 Å². The first-order valence-corrected chi connectivity index (χ1v) is 7.74. The summed E-state index contributed by atoms with van der Waals surface area (Å²) in [6.07, 6.45) is 2.15. The van der Waals surface area contributed by atoms with Crippen LogP contribution in [0.25, 0.3) is 0 Å². The summed E-state index contributed by atoms with van der Waals surface area (Å²) >= 11 is 0. The van der Waals surface area contributed by atoms with Crippen molar-refractivity contribution in [1.29, 1.82) is 0 Å². The second-order valence-electron chi connectivity index (χ2n) is 4.84. The molecule has 0 atom stereocenters. The fraction of sp³-hybridized carbons (Fsp3) is 0.562. The molecule has 0 bridgehead atoms. The molecule has 5 nitrogen and oxygen atoms in total. The Morgan fingerprint density at radius 3 is 2.54 bits per heavy atom. The monoisotopic (exact) mass is 457 g/mol. The predicted octanol–water partition coefficient (Wildman–Crippen LogP) is 3.77. The van der Waals surface area contributed by atoms with Crippen LogP contribution in [0.15, 0.2) is 23.2 Å². The van der Waals surface area contributed by atoms with E-state index in [-0.39, 0.29) is 35.5 Å². The molecule has 0 fully saturated rings. The predicted molar refractivity (Wildman–Crippen MR) is 103 cm³/mol. The number of benzene rings is 1. The van der Waals surface area contributed by atoms with Gasteiger partial charge in [-0.2, -0.15) is 8.78 Å². The van der Waals surface area contributed by atoms with Gasteiger partial charge >= 0.3 is 6.61 Å². The maximum atomic E-state index is 12.4. The Labute approximate surface area is 159 Å². The summed E-state index contributed by atoms with van der Waals surface area (Å²) in [7, 11) is 1.41. The normalized spacial score (nSPS) is 11.0. The summed E-state index contributed by atoms with van der Waals surface area (Å²) in [5, 5.41) is 6.37. The number of rotatable bonds is 9. The lowest BCUT2D eigenvalue weighted by Gasteiger charge is -2.12. The molecule has 0 spiro atoms. The lowest BCUT2D eigenvalue weighted by molar-refractivity contribution is -0.0512. The number of halogens is 3. The zero-order valence-corrected chi connectivity index (χ0v) is 16.6. The molecule has 8 heteroatoms. The Kier molecular flexibility index (Phi) is 12.3. The van der Waals surface area contributed by atoms with Crippen LogP contribution in [-0.2, 0) is 6.54 Å². The Bertz CT molecular complexity index is 502. The molecule has 0 heterocycles. The standard InChI is InChI=1S/C16H25F2N3O2.HI/c1-4-6-9-20-16(19-5-2)21-11-12-7-8-13(22-3)14(10-12)23-15(17)18;/h7-8,10,15H,4-6,9,11H2,1-3H3,(H2,19,20,21);1H. The highest BCUT2D eigenvalue weighted by Gasteiger charge is 2.11. The first kappa shape index (κ1) is 22.7. The molecule has 138 valence electrons. The van der Waals surface area contributed by atoms with Gasteiger partial charge in [-0.3, -0.25) is 0 Å². The van der Waals surface area contributed by atoms with Crippen molar-refractivity contribution in [3.05, 3.63) is 23.8 Å². The van der Waals surface area contributed by atoms with E-state index >= 15 is 0 Å². The summed E-state index contributed by atoms with van der Waals surface area (Å²) in [5.74, 6) is 0.984. The number of aliphatic imine (C=N–C) groups is 1. The van der Waals surface area contributed by atoms with Crippen LogP contribution in [0.3, 0.4) is 0 Å². The SMILES string of the molecule is CCCCNC(=NCc1ccc(OC)c(OC(F)F)c1)NCC.I. The molecule has 0 aliphatic rings. The molecule has 0 saturated carbocycles. The molecule has 0 amide bonds. The van der Waals surface area contributed by atoms with Crippen molar-refractivity contribution in [2.45, 2.75) is 39.8 Å². The van der Waals surface area contributed by atoms with E-state index in [0.29, 0.717) is 12.5 Å². The van der Waals surface area contributed by atoms with E-state index in [4.69, 9.17) is 4.74 Å². The number of hydrogen-bond donors (Lipinski definition) is 2. The van der Waals surface area contributed by atoms with E-state index in [1.807, 2.05) is 6.92 Å². The zero-order chi connectivity index (χ0) is 17.1. The Morgan fingerprint density at radius 1 is 1.21 bits per heavy atom. The van der Waals surface area contributed by atoms with Gasteiger partial charge in [0.15, 0.2) is 17.5 Å². The van der Waals surface area contributed by atoms with E-state index in [1.165, 1.54) is 13.2 Å². The number of nitrogens with one attached hydrogen (secondary N) is 2. The molecule has 1 aromatic carbocycles. The van der Waals surface area contributed by atoms with E-state index in [0.717, 1.165) is 31.5 Å². The van der Waals surface area contributed by atoms with Crippen molar-refractivity contribution in [2.24, 2.45) is 4.99 Å². The third-order valence-electron chi connectivity index (χ3n) is 3.03. The molecule has 0 aromatic heterocycles. The van der Waals surface area contributed by atoms with Gasteiger partial charge in [0.1, 0.15) is 0 Å². The van der Waals surface area contributed by atoms with Gasteiger partial charge in [-0.1, -0.05) is 19.4 Å². The molecule has 0 radical (unpaired) electrons. The van der Waals surface area contributed by atoms with Crippen LogP contribution < -0.4 is 20.1 Å². The minimum atomic E-state index is -2.89. The van der Waals surface area contributed by atoms with E-state index < -0.39 is 6.61 Å². The van der Waals surface area contributed by atoms with Crippen LogP contribution in [0.2, 0.25) is 0 Å². The molecule has 0 saturated heterocycles. The first-order chi connectivity index (χ1) is 11.1. The smallest absolute Gasteiger partial charge is 0.387 e. The minimum Gasteiger partial charge on any atom is -0.493 e. The van der Waals surface area contributed by atoms with Gasteiger partial charge in [0.25, 0.3) is 0 Å². The lowest BCUT2D eigenvalue weighted by Crippen LogP contribution is -2.37. The Hall–Kier alpha value is -1.32. The molecule has 2 N–H and O–H groups in total. The van der Waals surface area contributed by atoms with Gasteiger partial charge in [0, 0.05) is 13.1 Å². The highest BCUT2D eigenvalue weighted by atomic mass is 127. The van der Waals surface area contributed by atoms with Crippen molar-refractivity contribution in [2.75, 3.05) is 20.2 Å². The molecular formula is C16H26F2IN3O2. The van der Waals surface area contributed by atoms with Crippen molar-refractivity contribution in [3.8, 4) is 11.5 Å². The number of unbranched alkanes of at least 4 members (excludes halogenated alkanes) is 1.